The minimum absolute atomic E-state index is 0.135. The van der Waals surface area contributed by atoms with Gasteiger partial charge in [-0.15, -0.1) is 0 Å². The van der Waals surface area contributed by atoms with E-state index in [0.717, 1.165) is 5.69 Å². The van der Waals surface area contributed by atoms with Crippen molar-refractivity contribution in [3.05, 3.63) is 48.2 Å². The van der Waals surface area contributed by atoms with Crippen molar-refractivity contribution in [2.45, 2.75) is 11.8 Å². The van der Waals surface area contributed by atoms with Gasteiger partial charge in [-0.05, 0) is 30.5 Å². The fraction of sp³-hybridized carbons (Fsp3) is 0.0714. The van der Waals surface area contributed by atoms with Gasteiger partial charge in [-0.1, -0.05) is 18.2 Å². The molecule has 0 fully saturated rings. The Bertz CT molecular complexity index is 945. The normalized spacial score (nSPS) is 11.9. The third-order valence-corrected chi connectivity index (χ3v) is 4.12. The van der Waals surface area contributed by atoms with Crippen LogP contribution in [0.4, 0.5) is 5.82 Å². The summed E-state index contributed by atoms with van der Waals surface area (Å²) in [5.74, 6) is 0.455. The first-order chi connectivity index (χ1) is 9.86. The number of aryl methyl sites for hydroxylation is 1. The van der Waals surface area contributed by atoms with Gasteiger partial charge in [0.15, 0.2) is 0 Å². The molecule has 0 radical (unpaired) electrons. The number of hydrogen-bond acceptors (Lipinski definition) is 4. The van der Waals surface area contributed by atoms with Crippen LogP contribution in [-0.4, -0.2) is 22.8 Å². The second-order valence-corrected chi connectivity index (χ2v) is 6.15. The molecule has 1 heterocycles. The quantitative estimate of drug-likeness (QED) is 0.707. The summed E-state index contributed by atoms with van der Waals surface area (Å²) >= 11 is 0. The predicted octanol–water partition coefficient (Wildman–Crippen LogP) is 2.16. The molecule has 3 aromatic rings. The molecule has 108 valence electrons. The van der Waals surface area contributed by atoms with E-state index >= 15 is 0 Å². The molecule has 0 aliphatic rings. The number of nitrogens with two attached hydrogens (primary N) is 1. The number of rotatable bonds is 2. The van der Waals surface area contributed by atoms with Crippen molar-refractivity contribution in [1.82, 2.24) is 9.78 Å². The Labute approximate surface area is 121 Å². The highest BCUT2D eigenvalue weighted by atomic mass is 32.2. The Balaban J connectivity index is 2.31. The van der Waals surface area contributed by atoms with Crippen LogP contribution in [0.25, 0.3) is 16.5 Å². The maximum atomic E-state index is 11.5. The zero-order valence-electron chi connectivity index (χ0n) is 11.2. The van der Waals surface area contributed by atoms with Crippen molar-refractivity contribution in [2.24, 2.45) is 0 Å². The summed E-state index contributed by atoms with van der Waals surface area (Å²) in [5, 5.41) is 5.39. The van der Waals surface area contributed by atoms with Crippen LogP contribution >= 0.6 is 0 Å². The summed E-state index contributed by atoms with van der Waals surface area (Å²) in [6.45, 7) is 1.82. The van der Waals surface area contributed by atoms with Crippen LogP contribution < -0.4 is 5.73 Å². The summed E-state index contributed by atoms with van der Waals surface area (Å²) < 4.78 is 33.8. The predicted molar refractivity (Wildman–Crippen MR) is 80.0 cm³/mol. The first-order valence-electron chi connectivity index (χ1n) is 6.19. The monoisotopic (exact) mass is 303 g/mol. The Morgan fingerprint density at radius 3 is 2.57 bits per heavy atom. The van der Waals surface area contributed by atoms with E-state index in [-0.39, 0.29) is 4.90 Å². The van der Waals surface area contributed by atoms with Gasteiger partial charge in [0.2, 0.25) is 0 Å². The highest BCUT2D eigenvalue weighted by molar-refractivity contribution is 7.86. The lowest BCUT2D eigenvalue weighted by Gasteiger charge is -2.08. The molecule has 2 aromatic carbocycles. The zero-order valence-corrected chi connectivity index (χ0v) is 12.0. The number of fused-ring (bicyclic) bond motifs is 1. The smallest absolute Gasteiger partial charge is 0.295 e. The number of aromatic nitrogens is 2. The van der Waals surface area contributed by atoms with E-state index in [2.05, 4.69) is 5.10 Å². The molecule has 0 unspecified atom stereocenters. The SMILES string of the molecule is Cc1cc(N)n(-c2ccc3cccc(S(=O)(=O)O)c3c2)n1. The molecule has 0 atom stereocenters. The topological polar surface area (TPSA) is 98.2 Å². The fourth-order valence-corrected chi connectivity index (χ4v) is 3.02. The van der Waals surface area contributed by atoms with Crippen LogP contribution in [0.15, 0.2) is 47.4 Å². The average Bonchev–Trinajstić information content (AvgIpc) is 2.75. The highest BCUT2D eigenvalue weighted by Crippen LogP contribution is 2.26. The lowest BCUT2D eigenvalue weighted by molar-refractivity contribution is 0.484. The molecule has 3 rings (SSSR count). The second kappa shape index (κ2) is 4.57. The zero-order chi connectivity index (χ0) is 15.2. The van der Waals surface area contributed by atoms with Crippen molar-refractivity contribution in [1.29, 1.82) is 0 Å². The van der Waals surface area contributed by atoms with Gasteiger partial charge in [0, 0.05) is 11.5 Å². The maximum Gasteiger partial charge on any atom is 0.295 e. The summed E-state index contributed by atoms with van der Waals surface area (Å²) in [4.78, 5) is -0.135. The van der Waals surface area contributed by atoms with Crippen LogP contribution in [0.1, 0.15) is 5.69 Å². The van der Waals surface area contributed by atoms with E-state index in [4.69, 9.17) is 5.73 Å². The van der Waals surface area contributed by atoms with E-state index in [1.807, 2.05) is 6.92 Å². The Hall–Kier alpha value is -2.38. The fourth-order valence-electron chi connectivity index (χ4n) is 2.31. The van der Waals surface area contributed by atoms with E-state index in [1.54, 1.807) is 36.4 Å². The molecular formula is C14H13N3O3S. The molecule has 0 bridgehead atoms. The van der Waals surface area contributed by atoms with Gasteiger partial charge in [0.25, 0.3) is 10.1 Å². The van der Waals surface area contributed by atoms with E-state index in [1.165, 1.54) is 10.7 Å². The average molecular weight is 303 g/mol. The summed E-state index contributed by atoms with van der Waals surface area (Å²) in [6, 6.07) is 11.6. The van der Waals surface area contributed by atoms with Gasteiger partial charge >= 0.3 is 0 Å². The molecule has 0 aliphatic carbocycles. The van der Waals surface area contributed by atoms with Gasteiger partial charge in [0.05, 0.1) is 11.4 Å². The molecular weight excluding hydrogens is 290 g/mol. The van der Waals surface area contributed by atoms with Crippen LogP contribution in [-0.2, 0) is 10.1 Å². The van der Waals surface area contributed by atoms with Crippen molar-refractivity contribution in [3.8, 4) is 5.69 Å². The van der Waals surface area contributed by atoms with E-state index in [9.17, 15) is 13.0 Å². The first-order valence-corrected chi connectivity index (χ1v) is 7.63. The largest absolute Gasteiger partial charge is 0.384 e. The molecule has 0 aliphatic heterocycles. The Morgan fingerprint density at radius 1 is 1.19 bits per heavy atom. The van der Waals surface area contributed by atoms with Crippen molar-refractivity contribution in [2.75, 3.05) is 5.73 Å². The minimum Gasteiger partial charge on any atom is -0.384 e. The number of hydrogen-bond donors (Lipinski definition) is 2. The number of nitrogens with zero attached hydrogens (tertiary/aromatic N) is 2. The number of benzene rings is 2. The summed E-state index contributed by atoms with van der Waals surface area (Å²) in [7, 11) is -4.29. The van der Waals surface area contributed by atoms with Gasteiger partial charge < -0.3 is 5.73 Å². The molecule has 3 N–H and O–H groups in total. The van der Waals surface area contributed by atoms with Gasteiger partial charge in [-0.3, -0.25) is 4.55 Å². The highest BCUT2D eigenvalue weighted by Gasteiger charge is 2.14. The molecule has 0 saturated heterocycles. The molecule has 1 aromatic heterocycles. The van der Waals surface area contributed by atoms with Crippen LogP contribution in [0.5, 0.6) is 0 Å². The first kappa shape index (κ1) is 13.6. The van der Waals surface area contributed by atoms with Crippen LogP contribution in [0.3, 0.4) is 0 Å². The lowest BCUT2D eigenvalue weighted by Crippen LogP contribution is -2.03. The minimum atomic E-state index is -4.29. The standard InChI is InChI=1S/C14H13N3O3S/c1-9-7-14(15)17(16-9)11-6-5-10-3-2-4-13(12(10)8-11)21(18,19)20/h2-8H,15H2,1H3,(H,18,19,20). The summed E-state index contributed by atoms with van der Waals surface area (Å²) in [5.41, 5.74) is 7.26. The molecule has 0 amide bonds. The van der Waals surface area contributed by atoms with Gasteiger partial charge in [-0.25, -0.2) is 4.68 Å². The third kappa shape index (κ3) is 2.37. The number of nitrogen functional groups attached to an aromatic ring is 1. The second-order valence-electron chi connectivity index (χ2n) is 4.76. The molecule has 0 spiro atoms. The van der Waals surface area contributed by atoms with Crippen LogP contribution in [0.2, 0.25) is 0 Å². The molecule has 7 heteroatoms. The van der Waals surface area contributed by atoms with E-state index in [0.29, 0.717) is 22.3 Å². The van der Waals surface area contributed by atoms with Crippen molar-refractivity contribution >= 4 is 26.7 Å². The Morgan fingerprint density at radius 2 is 1.95 bits per heavy atom. The van der Waals surface area contributed by atoms with Crippen molar-refractivity contribution < 1.29 is 13.0 Å². The third-order valence-electron chi connectivity index (χ3n) is 3.21. The molecule has 0 saturated carbocycles. The van der Waals surface area contributed by atoms with Gasteiger partial charge in [-0.2, -0.15) is 13.5 Å². The Kier molecular flexibility index (Phi) is 2.96. The molecule has 6 nitrogen and oxygen atoms in total. The maximum absolute atomic E-state index is 11.5. The summed E-state index contributed by atoms with van der Waals surface area (Å²) in [6.07, 6.45) is 0. The molecule has 21 heavy (non-hydrogen) atoms. The van der Waals surface area contributed by atoms with Gasteiger partial charge in [0.1, 0.15) is 10.7 Å². The van der Waals surface area contributed by atoms with E-state index < -0.39 is 10.1 Å². The van der Waals surface area contributed by atoms with Crippen LogP contribution in [0, 0.1) is 6.92 Å². The number of anilines is 1. The van der Waals surface area contributed by atoms with Crippen molar-refractivity contribution in [3.63, 3.8) is 0 Å². The lowest BCUT2D eigenvalue weighted by atomic mass is 10.1.